The number of nitrogens with two attached hydrogens (primary N) is 1. The molecule has 1 aliphatic rings. The molecular formula is C15H22N2O2S2. The van der Waals surface area contributed by atoms with Crippen molar-refractivity contribution < 1.29 is 8.42 Å². The minimum Gasteiger partial charge on any atom is -0.389 e. The van der Waals surface area contributed by atoms with Gasteiger partial charge in [0.15, 0.2) is 9.84 Å². The molecule has 0 aromatic heterocycles. The Morgan fingerprint density at radius 1 is 1.48 bits per heavy atom. The summed E-state index contributed by atoms with van der Waals surface area (Å²) in [4.78, 5) is 2.61. The highest BCUT2D eigenvalue weighted by molar-refractivity contribution is 7.91. The lowest BCUT2D eigenvalue weighted by molar-refractivity contribution is 0.332. The van der Waals surface area contributed by atoms with E-state index in [1.54, 1.807) is 24.3 Å². The third kappa shape index (κ3) is 4.49. The molecule has 0 amide bonds. The van der Waals surface area contributed by atoms with E-state index < -0.39 is 9.84 Å². The van der Waals surface area contributed by atoms with Crippen LogP contribution in [0, 0.1) is 11.8 Å². The van der Waals surface area contributed by atoms with E-state index in [0.29, 0.717) is 17.0 Å². The van der Waals surface area contributed by atoms with Gasteiger partial charge in [-0.3, -0.25) is 0 Å². The summed E-state index contributed by atoms with van der Waals surface area (Å²) < 4.78 is 24.7. The first kappa shape index (κ1) is 16.4. The standard InChI is InChI=1S/C15H22N2O2S2/c1-11-8-13(11)10-17(2)6-7-21(18,19)14-5-3-4-12(9-14)15(16)20/h3-5,9,11,13H,6-8,10H2,1-2H3,(H2,16,20). The van der Waals surface area contributed by atoms with Crippen LogP contribution in [0.2, 0.25) is 0 Å². The molecule has 0 aliphatic heterocycles. The van der Waals surface area contributed by atoms with Crippen LogP contribution in [-0.2, 0) is 9.84 Å². The fourth-order valence-corrected chi connectivity index (χ4v) is 3.89. The zero-order valence-corrected chi connectivity index (χ0v) is 14.1. The maximum atomic E-state index is 12.4. The van der Waals surface area contributed by atoms with Crippen molar-refractivity contribution in [3.05, 3.63) is 29.8 Å². The lowest BCUT2D eigenvalue weighted by Crippen LogP contribution is -2.28. The van der Waals surface area contributed by atoms with Gasteiger partial charge in [0.2, 0.25) is 0 Å². The Kier molecular flexibility index (Phi) is 5.01. The Labute approximate surface area is 132 Å². The zero-order valence-electron chi connectivity index (χ0n) is 12.5. The normalized spacial score (nSPS) is 21.5. The molecule has 0 bridgehead atoms. The van der Waals surface area contributed by atoms with E-state index in [-0.39, 0.29) is 10.7 Å². The molecule has 1 aromatic rings. The average Bonchev–Trinajstić information content (AvgIpc) is 3.12. The summed E-state index contributed by atoms with van der Waals surface area (Å²) in [6, 6.07) is 6.56. The number of hydrogen-bond acceptors (Lipinski definition) is 4. The number of sulfone groups is 1. The van der Waals surface area contributed by atoms with Crippen molar-refractivity contribution in [1.82, 2.24) is 4.90 Å². The highest BCUT2D eigenvalue weighted by Gasteiger charge is 2.33. The van der Waals surface area contributed by atoms with Gasteiger partial charge in [-0.15, -0.1) is 0 Å². The Morgan fingerprint density at radius 3 is 2.71 bits per heavy atom. The zero-order chi connectivity index (χ0) is 15.6. The largest absolute Gasteiger partial charge is 0.389 e. The van der Waals surface area contributed by atoms with Crippen molar-refractivity contribution in [2.75, 3.05) is 25.9 Å². The molecule has 1 aromatic carbocycles. The lowest BCUT2D eigenvalue weighted by atomic mass is 10.2. The number of nitrogens with zero attached hydrogens (tertiary/aromatic N) is 1. The molecule has 1 saturated carbocycles. The average molecular weight is 326 g/mol. The summed E-state index contributed by atoms with van der Waals surface area (Å²) in [5.74, 6) is 1.63. The molecule has 2 N–H and O–H groups in total. The predicted molar refractivity (Wildman–Crippen MR) is 89.2 cm³/mol. The summed E-state index contributed by atoms with van der Waals surface area (Å²) >= 11 is 4.89. The monoisotopic (exact) mass is 326 g/mol. The van der Waals surface area contributed by atoms with E-state index >= 15 is 0 Å². The van der Waals surface area contributed by atoms with Gasteiger partial charge in [-0.25, -0.2) is 8.42 Å². The predicted octanol–water partition coefficient (Wildman–Crippen LogP) is 1.68. The molecule has 0 saturated heterocycles. The molecule has 0 heterocycles. The first-order valence-corrected chi connectivity index (χ1v) is 9.17. The summed E-state index contributed by atoms with van der Waals surface area (Å²) in [6.45, 7) is 3.75. The second-order valence-corrected chi connectivity index (χ2v) is 8.50. The summed E-state index contributed by atoms with van der Waals surface area (Å²) in [7, 11) is -1.32. The highest BCUT2D eigenvalue weighted by Crippen LogP contribution is 2.37. The molecule has 21 heavy (non-hydrogen) atoms. The molecule has 116 valence electrons. The van der Waals surface area contributed by atoms with E-state index in [1.165, 1.54) is 6.42 Å². The van der Waals surface area contributed by atoms with E-state index in [4.69, 9.17) is 18.0 Å². The van der Waals surface area contributed by atoms with Crippen molar-refractivity contribution in [2.24, 2.45) is 17.6 Å². The van der Waals surface area contributed by atoms with Gasteiger partial charge in [0.05, 0.1) is 10.6 Å². The smallest absolute Gasteiger partial charge is 0.179 e. The Bertz CT molecular complexity index is 628. The van der Waals surface area contributed by atoms with Gasteiger partial charge < -0.3 is 10.6 Å². The maximum Gasteiger partial charge on any atom is 0.179 e. The molecule has 4 nitrogen and oxygen atoms in total. The molecule has 2 rings (SSSR count). The van der Waals surface area contributed by atoms with Gasteiger partial charge in [0.1, 0.15) is 4.99 Å². The van der Waals surface area contributed by atoms with Gasteiger partial charge in [-0.2, -0.15) is 0 Å². The molecule has 0 spiro atoms. The quantitative estimate of drug-likeness (QED) is 0.773. The third-order valence-corrected chi connectivity index (χ3v) is 5.97. The van der Waals surface area contributed by atoms with Crippen LogP contribution in [0.3, 0.4) is 0 Å². The first-order valence-electron chi connectivity index (χ1n) is 7.11. The molecule has 6 heteroatoms. The Balaban J connectivity index is 1.97. The third-order valence-electron chi connectivity index (χ3n) is 4.04. The molecule has 2 unspecified atom stereocenters. The van der Waals surface area contributed by atoms with Crippen LogP contribution in [0.25, 0.3) is 0 Å². The van der Waals surface area contributed by atoms with Crippen LogP contribution in [0.1, 0.15) is 18.9 Å². The summed E-state index contributed by atoms with van der Waals surface area (Å²) in [6.07, 6.45) is 1.26. The van der Waals surface area contributed by atoms with Crippen LogP contribution < -0.4 is 5.73 Å². The Hall–Kier alpha value is -0.980. The van der Waals surface area contributed by atoms with Crippen LogP contribution in [0.4, 0.5) is 0 Å². The van der Waals surface area contributed by atoms with Crippen molar-refractivity contribution in [3.63, 3.8) is 0 Å². The van der Waals surface area contributed by atoms with Crippen molar-refractivity contribution in [2.45, 2.75) is 18.2 Å². The van der Waals surface area contributed by atoms with E-state index in [1.807, 2.05) is 7.05 Å². The fourth-order valence-electron chi connectivity index (χ4n) is 2.38. The topological polar surface area (TPSA) is 63.4 Å². The second kappa shape index (κ2) is 6.42. The Morgan fingerprint density at radius 2 is 2.14 bits per heavy atom. The summed E-state index contributed by atoms with van der Waals surface area (Å²) in [5.41, 5.74) is 6.14. The van der Waals surface area contributed by atoms with Gasteiger partial charge in [0.25, 0.3) is 0 Å². The van der Waals surface area contributed by atoms with Gasteiger partial charge in [0, 0.05) is 18.7 Å². The van der Waals surface area contributed by atoms with Gasteiger partial charge in [-0.05, 0) is 37.4 Å². The number of thiocarbonyl (C=S) groups is 1. The van der Waals surface area contributed by atoms with E-state index in [0.717, 1.165) is 18.4 Å². The van der Waals surface area contributed by atoms with Crippen molar-refractivity contribution in [3.8, 4) is 0 Å². The van der Waals surface area contributed by atoms with Crippen LogP contribution in [-0.4, -0.2) is 44.2 Å². The molecule has 0 radical (unpaired) electrons. The summed E-state index contributed by atoms with van der Waals surface area (Å²) in [5, 5.41) is 0. The fraction of sp³-hybridized carbons (Fsp3) is 0.533. The minimum absolute atomic E-state index is 0.116. The van der Waals surface area contributed by atoms with Crippen molar-refractivity contribution >= 4 is 27.0 Å². The van der Waals surface area contributed by atoms with Gasteiger partial charge >= 0.3 is 0 Å². The van der Waals surface area contributed by atoms with Gasteiger partial charge in [-0.1, -0.05) is 31.3 Å². The SMILES string of the molecule is CC1CC1CN(C)CCS(=O)(=O)c1cccc(C(N)=S)c1. The molecule has 1 aliphatic carbocycles. The number of benzene rings is 1. The molecule has 2 atom stereocenters. The highest BCUT2D eigenvalue weighted by atomic mass is 32.2. The van der Waals surface area contributed by atoms with Crippen LogP contribution in [0.15, 0.2) is 29.2 Å². The molecular weight excluding hydrogens is 304 g/mol. The lowest BCUT2D eigenvalue weighted by Gasteiger charge is -2.16. The van der Waals surface area contributed by atoms with Crippen LogP contribution >= 0.6 is 12.2 Å². The number of hydrogen-bond donors (Lipinski definition) is 1. The van der Waals surface area contributed by atoms with Crippen LogP contribution in [0.5, 0.6) is 0 Å². The van der Waals surface area contributed by atoms with E-state index in [2.05, 4.69) is 11.8 Å². The first-order chi connectivity index (χ1) is 9.79. The van der Waals surface area contributed by atoms with Crippen molar-refractivity contribution in [1.29, 1.82) is 0 Å². The maximum absolute atomic E-state index is 12.4. The minimum atomic E-state index is -3.30. The molecule has 1 fully saturated rings. The van der Waals surface area contributed by atoms with E-state index in [9.17, 15) is 8.42 Å². The number of rotatable bonds is 7. The second-order valence-electron chi connectivity index (χ2n) is 5.95.